The van der Waals surface area contributed by atoms with E-state index in [0.717, 1.165) is 23.4 Å². The molecule has 2 aromatic rings. The van der Waals surface area contributed by atoms with Gasteiger partial charge in [-0.05, 0) is 31.0 Å². The molecular weight excluding hydrogens is 276 g/mol. The van der Waals surface area contributed by atoms with Gasteiger partial charge in [-0.25, -0.2) is 0 Å². The van der Waals surface area contributed by atoms with Gasteiger partial charge in [0, 0.05) is 37.9 Å². The third kappa shape index (κ3) is 2.90. The summed E-state index contributed by atoms with van der Waals surface area (Å²) in [5.41, 5.74) is 4.31. The minimum Gasteiger partial charge on any atom is -0.326 e. The number of nitrogens with zero attached hydrogens (tertiary/aromatic N) is 2. The second-order valence-electron chi connectivity index (χ2n) is 6.13. The predicted octanol–water partition coefficient (Wildman–Crippen LogP) is 1.98. The van der Waals surface area contributed by atoms with Gasteiger partial charge in [-0.2, -0.15) is 5.10 Å². The van der Waals surface area contributed by atoms with Gasteiger partial charge in [0.25, 0.3) is 0 Å². The Morgan fingerprint density at radius 1 is 1.36 bits per heavy atom. The zero-order chi connectivity index (χ0) is 15.7. The summed E-state index contributed by atoms with van der Waals surface area (Å²) in [5, 5.41) is 10.6. The lowest BCUT2D eigenvalue weighted by atomic mass is 9.90. The average molecular weight is 298 g/mol. The highest BCUT2D eigenvalue weighted by Gasteiger charge is 2.34. The molecular formula is C17H22N4O. The number of aromatic nitrogens is 2. The molecule has 2 atom stereocenters. The van der Waals surface area contributed by atoms with Crippen LogP contribution in [-0.4, -0.2) is 28.8 Å². The van der Waals surface area contributed by atoms with Crippen LogP contribution in [-0.2, 0) is 11.8 Å². The van der Waals surface area contributed by atoms with Gasteiger partial charge in [0.15, 0.2) is 0 Å². The van der Waals surface area contributed by atoms with E-state index < -0.39 is 0 Å². The van der Waals surface area contributed by atoms with Crippen LogP contribution in [0.3, 0.4) is 0 Å². The van der Waals surface area contributed by atoms with Crippen LogP contribution in [0, 0.1) is 19.8 Å². The van der Waals surface area contributed by atoms with Crippen molar-refractivity contribution >= 4 is 11.6 Å². The number of carbonyl (C=O) groups excluding carboxylic acids is 1. The molecule has 22 heavy (non-hydrogen) atoms. The summed E-state index contributed by atoms with van der Waals surface area (Å²) in [4.78, 5) is 12.7. The zero-order valence-electron chi connectivity index (χ0n) is 13.3. The molecule has 0 bridgehead atoms. The van der Waals surface area contributed by atoms with Gasteiger partial charge in [-0.3, -0.25) is 9.48 Å². The van der Waals surface area contributed by atoms with E-state index in [2.05, 4.69) is 28.7 Å². The topological polar surface area (TPSA) is 59.0 Å². The highest BCUT2D eigenvalue weighted by atomic mass is 16.2. The van der Waals surface area contributed by atoms with Crippen molar-refractivity contribution in [2.75, 3.05) is 18.4 Å². The van der Waals surface area contributed by atoms with E-state index in [0.29, 0.717) is 6.54 Å². The Morgan fingerprint density at radius 2 is 2.18 bits per heavy atom. The number of rotatable bonds is 3. The molecule has 2 heterocycles. The largest absolute Gasteiger partial charge is 0.326 e. The van der Waals surface area contributed by atoms with Crippen LogP contribution >= 0.6 is 0 Å². The fourth-order valence-corrected chi connectivity index (χ4v) is 3.12. The molecule has 1 aliphatic rings. The fraction of sp³-hybridized carbons (Fsp3) is 0.412. The maximum Gasteiger partial charge on any atom is 0.229 e. The smallest absolute Gasteiger partial charge is 0.229 e. The van der Waals surface area contributed by atoms with Gasteiger partial charge >= 0.3 is 0 Å². The second-order valence-corrected chi connectivity index (χ2v) is 6.13. The number of hydrogen-bond donors (Lipinski definition) is 2. The molecule has 0 radical (unpaired) electrons. The standard InChI is InChI=1S/C17H22N4O/c1-11-4-5-16(12(2)6-11)20-17(22)15-9-18-8-14(15)13-7-19-21(3)10-13/h4-7,10,14-15,18H,8-9H2,1-3H3,(H,20,22)/t14-,15+/m1/s1. The lowest BCUT2D eigenvalue weighted by Crippen LogP contribution is -2.28. The van der Waals surface area contributed by atoms with Crippen molar-refractivity contribution in [3.8, 4) is 0 Å². The summed E-state index contributed by atoms with van der Waals surface area (Å²) in [6.45, 7) is 5.60. The fourth-order valence-electron chi connectivity index (χ4n) is 3.12. The molecule has 1 fully saturated rings. The molecule has 1 aliphatic heterocycles. The van der Waals surface area contributed by atoms with Crippen molar-refractivity contribution in [3.05, 3.63) is 47.3 Å². The number of anilines is 1. The van der Waals surface area contributed by atoms with E-state index in [9.17, 15) is 4.79 Å². The van der Waals surface area contributed by atoms with Gasteiger partial charge in [0.1, 0.15) is 0 Å². The number of nitrogens with one attached hydrogen (secondary N) is 2. The van der Waals surface area contributed by atoms with E-state index in [4.69, 9.17) is 0 Å². The Balaban J connectivity index is 1.76. The number of hydrogen-bond acceptors (Lipinski definition) is 3. The van der Waals surface area contributed by atoms with Gasteiger partial charge < -0.3 is 10.6 Å². The first-order chi connectivity index (χ1) is 10.5. The zero-order valence-corrected chi connectivity index (χ0v) is 13.3. The molecule has 5 nitrogen and oxygen atoms in total. The summed E-state index contributed by atoms with van der Waals surface area (Å²) in [6.07, 6.45) is 3.85. The lowest BCUT2D eigenvalue weighted by molar-refractivity contribution is -0.119. The van der Waals surface area contributed by atoms with E-state index in [1.165, 1.54) is 5.56 Å². The quantitative estimate of drug-likeness (QED) is 0.911. The van der Waals surface area contributed by atoms with Crippen molar-refractivity contribution in [2.24, 2.45) is 13.0 Å². The summed E-state index contributed by atoms with van der Waals surface area (Å²) < 4.78 is 1.78. The number of benzene rings is 1. The third-order valence-electron chi connectivity index (χ3n) is 4.34. The lowest BCUT2D eigenvalue weighted by Gasteiger charge is -2.18. The SMILES string of the molecule is Cc1ccc(NC(=O)[C@H]2CNC[C@@H]2c2cnn(C)c2)c(C)c1. The first-order valence-corrected chi connectivity index (χ1v) is 7.62. The third-order valence-corrected chi connectivity index (χ3v) is 4.34. The summed E-state index contributed by atoms with van der Waals surface area (Å²) >= 11 is 0. The van der Waals surface area contributed by atoms with Gasteiger partial charge in [0.2, 0.25) is 5.91 Å². The second kappa shape index (κ2) is 5.93. The molecule has 1 amide bonds. The number of amides is 1. The highest BCUT2D eigenvalue weighted by Crippen LogP contribution is 2.29. The highest BCUT2D eigenvalue weighted by molar-refractivity contribution is 5.94. The predicted molar refractivity (Wildman–Crippen MR) is 86.9 cm³/mol. The molecule has 0 aliphatic carbocycles. The molecule has 0 spiro atoms. The Bertz CT molecular complexity index is 692. The first kappa shape index (κ1) is 14.8. The van der Waals surface area contributed by atoms with Gasteiger partial charge in [-0.1, -0.05) is 17.7 Å². The van der Waals surface area contributed by atoms with E-state index >= 15 is 0 Å². The van der Waals surface area contributed by atoms with Crippen molar-refractivity contribution in [3.63, 3.8) is 0 Å². The Kier molecular flexibility index (Phi) is 3.98. The number of aryl methyl sites for hydroxylation is 3. The normalized spacial score (nSPS) is 21.0. The monoisotopic (exact) mass is 298 g/mol. The summed E-state index contributed by atoms with van der Waals surface area (Å²) in [6, 6.07) is 6.08. The van der Waals surface area contributed by atoms with Crippen LogP contribution in [0.2, 0.25) is 0 Å². The van der Waals surface area contributed by atoms with Crippen LogP contribution in [0.1, 0.15) is 22.6 Å². The Morgan fingerprint density at radius 3 is 2.86 bits per heavy atom. The van der Waals surface area contributed by atoms with Crippen LogP contribution in [0.4, 0.5) is 5.69 Å². The van der Waals surface area contributed by atoms with Crippen LogP contribution < -0.4 is 10.6 Å². The minimum atomic E-state index is -0.0649. The molecule has 5 heteroatoms. The first-order valence-electron chi connectivity index (χ1n) is 7.62. The van der Waals surface area contributed by atoms with Crippen molar-refractivity contribution in [1.29, 1.82) is 0 Å². The van der Waals surface area contributed by atoms with Gasteiger partial charge in [0.05, 0.1) is 12.1 Å². The Hall–Kier alpha value is -2.14. The van der Waals surface area contributed by atoms with E-state index in [1.807, 2.05) is 38.5 Å². The Labute approximate surface area is 130 Å². The molecule has 1 aromatic heterocycles. The molecule has 2 N–H and O–H groups in total. The minimum absolute atomic E-state index is 0.0649. The van der Waals surface area contributed by atoms with Crippen LogP contribution in [0.5, 0.6) is 0 Å². The molecule has 1 saturated heterocycles. The van der Waals surface area contributed by atoms with Crippen molar-refractivity contribution < 1.29 is 4.79 Å². The molecule has 0 saturated carbocycles. The molecule has 3 rings (SSSR count). The van der Waals surface area contributed by atoms with Gasteiger partial charge in [-0.15, -0.1) is 0 Å². The number of carbonyl (C=O) groups is 1. The van der Waals surface area contributed by atoms with Crippen LogP contribution in [0.15, 0.2) is 30.6 Å². The van der Waals surface area contributed by atoms with E-state index in [-0.39, 0.29) is 17.7 Å². The molecule has 1 aromatic carbocycles. The maximum absolute atomic E-state index is 12.7. The van der Waals surface area contributed by atoms with E-state index in [1.54, 1.807) is 4.68 Å². The summed E-state index contributed by atoms with van der Waals surface area (Å²) in [5.74, 6) is 0.190. The van der Waals surface area contributed by atoms with Crippen LogP contribution in [0.25, 0.3) is 0 Å². The molecule has 0 unspecified atom stereocenters. The maximum atomic E-state index is 12.7. The summed E-state index contributed by atoms with van der Waals surface area (Å²) in [7, 11) is 1.90. The molecule has 116 valence electrons. The average Bonchev–Trinajstić information content (AvgIpc) is 3.10. The van der Waals surface area contributed by atoms with Crippen molar-refractivity contribution in [1.82, 2.24) is 15.1 Å². The van der Waals surface area contributed by atoms with Crippen molar-refractivity contribution in [2.45, 2.75) is 19.8 Å².